The molecule has 0 saturated heterocycles. The van der Waals surface area contributed by atoms with E-state index in [0.717, 1.165) is 23.7 Å². The topological polar surface area (TPSA) is 57.8 Å². The van der Waals surface area contributed by atoms with Crippen molar-refractivity contribution in [3.8, 4) is 0 Å². The molecule has 0 spiro atoms. The summed E-state index contributed by atoms with van der Waals surface area (Å²) in [6.07, 6.45) is 6.38. The summed E-state index contributed by atoms with van der Waals surface area (Å²) < 4.78 is 0. The number of H-pyrrole nitrogens is 1. The van der Waals surface area contributed by atoms with Crippen LogP contribution in [0.15, 0.2) is 24.4 Å². The van der Waals surface area contributed by atoms with Crippen molar-refractivity contribution in [2.45, 2.75) is 45.6 Å². The fourth-order valence-electron chi connectivity index (χ4n) is 2.16. The highest BCUT2D eigenvalue weighted by Crippen LogP contribution is 2.13. The molecule has 1 aromatic heterocycles. The van der Waals surface area contributed by atoms with Crippen LogP contribution in [0.25, 0.3) is 10.9 Å². The zero-order valence-electron chi connectivity index (χ0n) is 11.6. The quantitative estimate of drug-likeness (QED) is 0.782. The summed E-state index contributed by atoms with van der Waals surface area (Å²) in [5.74, 6) is -0.0134. The van der Waals surface area contributed by atoms with E-state index in [1.807, 2.05) is 18.2 Å². The molecule has 2 N–H and O–H groups in total. The largest absolute Gasteiger partial charge is 0.350 e. The normalized spacial score (nSPS) is 12.5. The van der Waals surface area contributed by atoms with Gasteiger partial charge >= 0.3 is 0 Å². The van der Waals surface area contributed by atoms with Crippen LogP contribution < -0.4 is 5.32 Å². The summed E-state index contributed by atoms with van der Waals surface area (Å²) in [6, 6.07) is 5.81. The lowest BCUT2D eigenvalue weighted by Gasteiger charge is -2.13. The maximum atomic E-state index is 12.1. The van der Waals surface area contributed by atoms with Crippen LogP contribution in [0.1, 0.15) is 49.9 Å². The Hall–Kier alpha value is -1.84. The summed E-state index contributed by atoms with van der Waals surface area (Å²) >= 11 is 0. The van der Waals surface area contributed by atoms with Gasteiger partial charge in [0, 0.05) is 17.0 Å². The first-order valence-corrected chi connectivity index (χ1v) is 6.94. The van der Waals surface area contributed by atoms with Crippen molar-refractivity contribution in [2.24, 2.45) is 0 Å². The average Bonchev–Trinajstić information content (AvgIpc) is 2.86. The fourth-order valence-corrected chi connectivity index (χ4v) is 2.16. The highest BCUT2D eigenvalue weighted by atomic mass is 16.1. The minimum atomic E-state index is -0.0134. The van der Waals surface area contributed by atoms with Gasteiger partial charge in [-0.2, -0.15) is 5.10 Å². The molecular weight excluding hydrogens is 238 g/mol. The monoisotopic (exact) mass is 259 g/mol. The van der Waals surface area contributed by atoms with E-state index in [2.05, 4.69) is 29.4 Å². The van der Waals surface area contributed by atoms with Gasteiger partial charge in [0.15, 0.2) is 0 Å². The SMILES string of the molecule is CCCCCC(C)NC(=O)c1ccc2cn[nH]c2c1. The molecule has 102 valence electrons. The zero-order chi connectivity index (χ0) is 13.7. The van der Waals surface area contributed by atoms with Crippen molar-refractivity contribution in [1.82, 2.24) is 15.5 Å². The van der Waals surface area contributed by atoms with Gasteiger partial charge in [-0.1, -0.05) is 32.3 Å². The molecule has 1 heterocycles. The van der Waals surface area contributed by atoms with Gasteiger partial charge in [0.2, 0.25) is 0 Å². The van der Waals surface area contributed by atoms with E-state index in [0.29, 0.717) is 5.56 Å². The van der Waals surface area contributed by atoms with Crippen LogP contribution in [0.3, 0.4) is 0 Å². The Morgan fingerprint density at radius 3 is 3.05 bits per heavy atom. The molecule has 0 aliphatic heterocycles. The second-order valence-corrected chi connectivity index (χ2v) is 5.04. The third kappa shape index (κ3) is 3.56. The smallest absolute Gasteiger partial charge is 0.251 e. The van der Waals surface area contributed by atoms with Gasteiger partial charge in [-0.15, -0.1) is 0 Å². The Labute approximate surface area is 113 Å². The summed E-state index contributed by atoms with van der Waals surface area (Å²) in [4.78, 5) is 12.1. The number of carbonyl (C=O) groups is 1. The van der Waals surface area contributed by atoms with Gasteiger partial charge in [-0.25, -0.2) is 0 Å². The summed E-state index contributed by atoms with van der Waals surface area (Å²) in [5, 5.41) is 10.9. The van der Waals surface area contributed by atoms with Crippen LogP contribution in [0.4, 0.5) is 0 Å². The maximum absolute atomic E-state index is 12.1. The van der Waals surface area contributed by atoms with Gasteiger partial charge in [0.25, 0.3) is 5.91 Å². The number of hydrogen-bond donors (Lipinski definition) is 2. The lowest BCUT2D eigenvalue weighted by molar-refractivity contribution is 0.0938. The highest BCUT2D eigenvalue weighted by Gasteiger charge is 2.10. The highest BCUT2D eigenvalue weighted by molar-refractivity contribution is 5.97. The van der Waals surface area contributed by atoms with E-state index in [9.17, 15) is 4.79 Å². The molecule has 19 heavy (non-hydrogen) atoms. The number of unbranched alkanes of at least 4 members (excludes halogenated alkanes) is 2. The average molecular weight is 259 g/mol. The lowest BCUT2D eigenvalue weighted by Crippen LogP contribution is -2.32. The molecule has 4 nitrogen and oxygen atoms in total. The second-order valence-electron chi connectivity index (χ2n) is 5.04. The number of amides is 1. The first-order chi connectivity index (χ1) is 9.20. The zero-order valence-corrected chi connectivity index (χ0v) is 11.6. The molecular formula is C15H21N3O. The van der Waals surface area contributed by atoms with E-state index in [1.165, 1.54) is 12.8 Å². The molecule has 4 heteroatoms. The number of hydrogen-bond acceptors (Lipinski definition) is 2. The van der Waals surface area contributed by atoms with E-state index in [4.69, 9.17) is 0 Å². The Morgan fingerprint density at radius 1 is 1.42 bits per heavy atom. The lowest BCUT2D eigenvalue weighted by atomic mass is 10.1. The van der Waals surface area contributed by atoms with E-state index in [1.54, 1.807) is 6.20 Å². The molecule has 0 radical (unpaired) electrons. The van der Waals surface area contributed by atoms with Crippen LogP contribution in [0.5, 0.6) is 0 Å². The number of fused-ring (bicyclic) bond motifs is 1. The molecule has 0 saturated carbocycles. The third-order valence-corrected chi connectivity index (χ3v) is 3.32. The summed E-state index contributed by atoms with van der Waals surface area (Å²) in [5.41, 5.74) is 1.57. The molecule has 0 aliphatic rings. The van der Waals surface area contributed by atoms with Gasteiger partial charge in [-0.3, -0.25) is 9.89 Å². The van der Waals surface area contributed by atoms with Crippen molar-refractivity contribution in [3.05, 3.63) is 30.0 Å². The second kappa shape index (κ2) is 6.36. The number of aromatic nitrogens is 2. The first-order valence-electron chi connectivity index (χ1n) is 6.94. The van der Waals surface area contributed by atoms with Crippen LogP contribution >= 0.6 is 0 Å². The molecule has 2 aromatic rings. The van der Waals surface area contributed by atoms with Crippen molar-refractivity contribution in [2.75, 3.05) is 0 Å². The van der Waals surface area contributed by atoms with Crippen molar-refractivity contribution in [3.63, 3.8) is 0 Å². The molecule has 0 fully saturated rings. The number of nitrogens with zero attached hydrogens (tertiary/aromatic N) is 1. The Balaban J connectivity index is 1.95. The Bertz CT molecular complexity index is 547. The molecule has 1 atom stereocenters. The minimum absolute atomic E-state index is 0.0134. The third-order valence-electron chi connectivity index (χ3n) is 3.32. The van der Waals surface area contributed by atoms with Gasteiger partial charge in [0.1, 0.15) is 0 Å². The summed E-state index contributed by atoms with van der Waals surface area (Å²) in [7, 11) is 0. The van der Waals surface area contributed by atoms with Gasteiger partial charge in [-0.05, 0) is 25.5 Å². The van der Waals surface area contributed by atoms with E-state index < -0.39 is 0 Å². The number of benzene rings is 1. The van der Waals surface area contributed by atoms with Crippen LogP contribution in [0, 0.1) is 0 Å². The molecule has 1 unspecified atom stereocenters. The molecule has 1 amide bonds. The van der Waals surface area contributed by atoms with Crippen LogP contribution in [-0.4, -0.2) is 22.1 Å². The fraction of sp³-hybridized carbons (Fsp3) is 0.467. The predicted molar refractivity (Wildman–Crippen MR) is 77.2 cm³/mol. The molecule has 0 aliphatic carbocycles. The molecule has 0 bridgehead atoms. The van der Waals surface area contributed by atoms with Gasteiger partial charge < -0.3 is 5.32 Å². The van der Waals surface area contributed by atoms with Crippen LogP contribution in [-0.2, 0) is 0 Å². The van der Waals surface area contributed by atoms with Crippen LogP contribution in [0.2, 0.25) is 0 Å². The molecule has 1 aromatic carbocycles. The van der Waals surface area contributed by atoms with E-state index >= 15 is 0 Å². The number of rotatable bonds is 6. The van der Waals surface area contributed by atoms with E-state index in [-0.39, 0.29) is 11.9 Å². The number of nitrogens with one attached hydrogen (secondary N) is 2. The Morgan fingerprint density at radius 2 is 2.26 bits per heavy atom. The summed E-state index contributed by atoms with van der Waals surface area (Å²) in [6.45, 7) is 4.24. The minimum Gasteiger partial charge on any atom is -0.350 e. The predicted octanol–water partition coefficient (Wildman–Crippen LogP) is 3.26. The van der Waals surface area contributed by atoms with Crippen molar-refractivity contribution >= 4 is 16.8 Å². The Kier molecular flexibility index (Phi) is 4.55. The molecule has 2 rings (SSSR count). The number of aromatic amines is 1. The van der Waals surface area contributed by atoms with Crippen molar-refractivity contribution < 1.29 is 4.79 Å². The first kappa shape index (κ1) is 13.6. The number of carbonyl (C=O) groups excluding carboxylic acids is 1. The van der Waals surface area contributed by atoms with Crippen molar-refractivity contribution in [1.29, 1.82) is 0 Å². The maximum Gasteiger partial charge on any atom is 0.251 e. The standard InChI is InChI=1S/C15H21N3O/c1-3-4-5-6-11(2)17-15(19)12-7-8-13-10-16-18-14(13)9-12/h7-11H,3-6H2,1-2H3,(H,16,18)(H,17,19). The van der Waals surface area contributed by atoms with Gasteiger partial charge in [0.05, 0.1) is 11.7 Å².